The summed E-state index contributed by atoms with van der Waals surface area (Å²) in [5, 5.41) is 12.5. The smallest absolute Gasteiger partial charge is 0.227 e. The molecule has 5 rings (SSSR count). The van der Waals surface area contributed by atoms with Crippen LogP contribution in [0, 0.1) is 0 Å². The molecule has 26 heavy (non-hydrogen) atoms. The van der Waals surface area contributed by atoms with Crippen molar-refractivity contribution in [3.63, 3.8) is 0 Å². The third-order valence-electron chi connectivity index (χ3n) is 5.09. The largest absolute Gasteiger partial charge is 0.356 e. The van der Waals surface area contributed by atoms with Crippen LogP contribution in [0.15, 0.2) is 30.7 Å². The monoisotopic (exact) mass is 351 g/mol. The topological polar surface area (TPSA) is 78.6 Å². The molecule has 3 aromatic heterocycles. The van der Waals surface area contributed by atoms with Gasteiger partial charge in [-0.1, -0.05) is 0 Å². The number of fused-ring (bicyclic) bond motifs is 1. The van der Waals surface area contributed by atoms with Crippen LogP contribution in [0.1, 0.15) is 12.8 Å². The predicted octanol–water partition coefficient (Wildman–Crippen LogP) is 0.841. The maximum absolute atomic E-state index is 4.80. The maximum Gasteiger partial charge on any atom is 0.227 e. The molecule has 0 atom stereocenters. The van der Waals surface area contributed by atoms with Crippen molar-refractivity contribution in [2.75, 3.05) is 54.0 Å². The molecule has 0 aromatic carbocycles. The summed E-state index contributed by atoms with van der Waals surface area (Å²) in [5.74, 6) is 2.83. The van der Waals surface area contributed by atoms with Crippen molar-refractivity contribution in [3.05, 3.63) is 30.7 Å². The first-order valence-electron chi connectivity index (χ1n) is 9.12. The van der Waals surface area contributed by atoms with Gasteiger partial charge >= 0.3 is 0 Å². The molecule has 0 radical (unpaired) electrons. The quantitative estimate of drug-likeness (QED) is 0.687. The van der Waals surface area contributed by atoms with Gasteiger partial charge in [-0.05, 0) is 31.0 Å². The van der Waals surface area contributed by atoms with E-state index in [0.717, 1.165) is 62.5 Å². The number of hydrogen-bond acceptors (Lipinski definition) is 8. The van der Waals surface area contributed by atoms with Crippen LogP contribution >= 0.6 is 0 Å². The minimum atomic E-state index is 0.763. The van der Waals surface area contributed by atoms with Crippen molar-refractivity contribution < 1.29 is 0 Å². The summed E-state index contributed by atoms with van der Waals surface area (Å²) in [4.78, 5) is 16.2. The normalized spacial score (nSPS) is 18.1. The van der Waals surface area contributed by atoms with Gasteiger partial charge in [0.2, 0.25) is 5.95 Å². The molecule has 0 aliphatic carbocycles. The fourth-order valence-corrected chi connectivity index (χ4v) is 3.64. The van der Waals surface area contributed by atoms with Crippen LogP contribution in [0.4, 0.5) is 17.6 Å². The van der Waals surface area contributed by atoms with E-state index in [4.69, 9.17) is 4.98 Å². The molecule has 2 fully saturated rings. The molecule has 0 amide bonds. The molecule has 0 spiro atoms. The number of hydrogen-bond donors (Lipinski definition) is 0. The first-order valence-corrected chi connectivity index (χ1v) is 9.12. The number of rotatable bonds is 3. The van der Waals surface area contributed by atoms with Crippen molar-refractivity contribution in [2.24, 2.45) is 0 Å². The van der Waals surface area contributed by atoms with Gasteiger partial charge in [0.1, 0.15) is 18.0 Å². The third kappa shape index (κ3) is 2.79. The van der Waals surface area contributed by atoms with Crippen LogP contribution < -0.4 is 14.7 Å². The van der Waals surface area contributed by atoms with Gasteiger partial charge in [-0.2, -0.15) is 9.50 Å². The van der Waals surface area contributed by atoms with E-state index < -0.39 is 0 Å². The molecular formula is C17H21N9. The van der Waals surface area contributed by atoms with Crippen molar-refractivity contribution in [1.82, 2.24) is 29.8 Å². The molecule has 0 saturated carbocycles. The lowest BCUT2D eigenvalue weighted by Crippen LogP contribution is -2.47. The van der Waals surface area contributed by atoms with Gasteiger partial charge in [0.15, 0.2) is 5.65 Å². The first-order chi connectivity index (χ1) is 12.9. The van der Waals surface area contributed by atoms with Crippen LogP contribution in [0.2, 0.25) is 0 Å². The van der Waals surface area contributed by atoms with Gasteiger partial charge in [0, 0.05) is 45.5 Å². The minimum absolute atomic E-state index is 0.763. The number of nitrogens with zero attached hydrogens (tertiary/aromatic N) is 9. The second-order valence-corrected chi connectivity index (χ2v) is 6.71. The molecule has 134 valence electrons. The molecule has 9 nitrogen and oxygen atoms in total. The van der Waals surface area contributed by atoms with Gasteiger partial charge in [-0.3, -0.25) is 0 Å². The van der Waals surface area contributed by atoms with Gasteiger partial charge < -0.3 is 14.7 Å². The SMILES string of the molecule is c1cc(N2CCCC2)nc(N2CCN(c3ccc4nncn4n3)CC2)n1. The Morgan fingerprint density at radius 3 is 2.38 bits per heavy atom. The first kappa shape index (κ1) is 15.3. The molecule has 0 bridgehead atoms. The highest BCUT2D eigenvalue weighted by Gasteiger charge is 2.22. The molecular weight excluding hydrogens is 330 g/mol. The van der Waals surface area contributed by atoms with Gasteiger partial charge in [0.05, 0.1) is 0 Å². The molecule has 2 aliphatic rings. The summed E-state index contributed by atoms with van der Waals surface area (Å²) in [5.41, 5.74) is 0.763. The van der Waals surface area contributed by atoms with Crippen LogP contribution in [0.25, 0.3) is 5.65 Å². The number of piperazine rings is 1. The summed E-state index contributed by atoms with van der Waals surface area (Å²) in [6.07, 6.45) is 6.01. The minimum Gasteiger partial charge on any atom is -0.356 e. The molecule has 3 aromatic rings. The molecule has 9 heteroatoms. The lowest BCUT2D eigenvalue weighted by molar-refractivity contribution is 0.629. The standard InChI is InChI=1S/C17H21N9/c1-2-8-23(7-1)14-5-6-18-17(20-14)25-11-9-24(10-12-25)16-4-3-15-21-19-13-26(15)22-16/h3-6,13H,1-2,7-12H2. The Kier molecular flexibility index (Phi) is 3.76. The highest BCUT2D eigenvalue weighted by Crippen LogP contribution is 2.21. The number of aromatic nitrogens is 6. The highest BCUT2D eigenvalue weighted by molar-refractivity contribution is 5.48. The molecule has 2 aliphatic heterocycles. The second kappa shape index (κ2) is 6.40. The molecule has 0 N–H and O–H groups in total. The summed E-state index contributed by atoms with van der Waals surface area (Å²) in [7, 11) is 0. The van der Waals surface area contributed by atoms with E-state index in [0.29, 0.717) is 0 Å². The van der Waals surface area contributed by atoms with E-state index in [1.165, 1.54) is 12.8 Å². The van der Waals surface area contributed by atoms with Crippen molar-refractivity contribution in [1.29, 1.82) is 0 Å². The Morgan fingerprint density at radius 1 is 0.769 bits per heavy atom. The van der Waals surface area contributed by atoms with Crippen molar-refractivity contribution >= 4 is 23.2 Å². The zero-order valence-corrected chi connectivity index (χ0v) is 14.6. The van der Waals surface area contributed by atoms with Gasteiger partial charge in [-0.15, -0.1) is 15.3 Å². The van der Waals surface area contributed by atoms with E-state index in [2.05, 4.69) is 35.0 Å². The Balaban J connectivity index is 1.28. The summed E-state index contributed by atoms with van der Waals surface area (Å²) >= 11 is 0. The maximum atomic E-state index is 4.80. The fourth-order valence-electron chi connectivity index (χ4n) is 3.64. The molecule has 5 heterocycles. The average Bonchev–Trinajstić information content (AvgIpc) is 3.39. The van der Waals surface area contributed by atoms with Crippen molar-refractivity contribution in [3.8, 4) is 0 Å². The average molecular weight is 351 g/mol. The van der Waals surface area contributed by atoms with Crippen LogP contribution in [0.3, 0.4) is 0 Å². The fraction of sp³-hybridized carbons (Fsp3) is 0.471. The second-order valence-electron chi connectivity index (χ2n) is 6.71. The zero-order chi connectivity index (χ0) is 17.3. The summed E-state index contributed by atoms with van der Waals surface area (Å²) in [6.45, 7) is 5.73. The summed E-state index contributed by atoms with van der Waals surface area (Å²) < 4.78 is 1.71. The Morgan fingerprint density at radius 2 is 1.54 bits per heavy atom. The van der Waals surface area contributed by atoms with E-state index >= 15 is 0 Å². The lowest BCUT2D eigenvalue weighted by atomic mass is 10.3. The van der Waals surface area contributed by atoms with Crippen LogP contribution in [-0.4, -0.2) is 69.0 Å². The van der Waals surface area contributed by atoms with Crippen molar-refractivity contribution in [2.45, 2.75) is 12.8 Å². The lowest BCUT2D eigenvalue weighted by Gasteiger charge is -2.35. The van der Waals surface area contributed by atoms with E-state index in [9.17, 15) is 0 Å². The van der Waals surface area contributed by atoms with Crippen LogP contribution in [-0.2, 0) is 0 Å². The molecule has 0 unspecified atom stereocenters. The Labute approximate surface area is 151 Å². The zero-order valence-electron chi connectivity index (χ0n) is 14.6. The van der Waals surface area contributed by atoms with E-state index in [1.807, 2.05) is 24.4 Å². The van der Waals surface area contributed by atoms with Crippen LogP contribution in [0.5, 0.6) is 0 Å². The van der Waals surface area contributed by atoms with Gasteiger partial charge in [-0.25, -0.2) is 4.98 Å². The Hall–Kier alpha value is -2.97. The summed E-state index contributed by atoms with van der Waals surface area (Å²) in [6, 6.07) is 5.97. The molecule has 2 saturated heterocycles. The number of anilines is 3. The van der Waals surface area contributed by atoms with Gasteiger partial charge in [0.25, 0.3) is 0 Å². The predicted molar refractivity (Wildman–Crippen MR) is 98.7 cm³/mol. The Bertz CT molecular complexity index is 894. The highest BCUT2D eigenvalue weighted by atomic mass is 15.4. The third-order valence-corrected chi connectivity index (χ3v) is 5.09. The van der Waals surface area contributed by atoms with E-state index in [-0.39, 0.29) is 0 Å². The van der Waals surface area contributed by atoms with E-state index in [1.54, 1.807) is 10.8 Å².